The van der Waals surface area contributed by atoms with E-state index in [0.29, 0.717) is 19.0 Å². The van der Waals surface area contributed by atoms with Crippen LogP contribution in [-0.2, 0) is 16.1 Å². The van der Waals surface area contributed by atoms with E-state index in [0.717, 1.165) is 18.4 Å². The molecule has 0 unspecified atom stereocenters. The Morgan fingerprint density at radius 2 is 2.15 bits per heavy atom. The summed E-state index contributed by atoms with van der Waals surface area (Å²) in [7, 11) is 0. The third-order valence-electron chi connectivity index (χ3n) is 3.57. The monoisotopic (exact) mass is 273 g/mol. The predicted molar refractivity (Wildman–Crippen MR) is 75.9 cm³/mol. The Morgan fingerprint density at radius 3 is 2.90 bits per heavy atom. The number of anilines is 1. The van der Waals surface area contributed by atoms with Crippen LogP contribution in [0.4, 0.5) is 5.82 Å². The van der Waals surface area contributed by atoms with Crippen LogP contribution in [0.15, 0.2) is 36.5 Å². The van der Waals surface area contributed by atoms with E-state index < -0.39 is 0 Å². The fourth-order valence-electron chi connectivity index (χ4n) is 2.50. The molecule has 1 aromatic heterocycles. The van der Waals surface area contributed by atoms with Crippen molar-refractivity contribution in [1.29, 1.82) is 0 Å². The number of nitrogen functional groups attached to an aromatic ring is 1. The van der Waals surface area contributed by atoms with E-state index in [1.807, 2.05) is 18.2 Å². The fraction of sp³-hybridized carbons (Fsp3) is 0.400. The first-order valence-corrected chi connectivity index (χ1v) is 6.89. The van der Waals surface area contributed by atoms with Crippen LogP contribution in [0.1, 0.15) is 30.1 Å². The number of nitrogens with two attached hydrogens (primary N) is 1. The lowest BCUT2D eigenvalue weighted by Gasteiger charge is -2.13. The van der Waals surface area contributed by atoms with Crippen molar-refractivity contribution < 1.29 is 9.47 Å². The summed E-state index contributed by atoms with van der Waals surface area (Å²) < 4.78 is 11.7. The van der Waals surface area contributed by atoms with E-state index in [1.165, 1.54) is 5.56 Å². The van der Waals surface area contributed by atoms with Gasteiger partial charge in [-0.2, -0.15) is 5.10 Å². The van der Waals surface area contributed by atoms with Crippen LogP contribution in [0.2, 0.25) is 0 Å². The SMILES string of the molecule is Nc1[nH]ncc1[C@H]1CC[C@@H](COCc2ccccc2)O1. The number of aromatic amines is 1. The molecule has 1 aliphatic heterocycles. The topological polar surface area (TPSA) is 73.2 Å². The molecule has 5 nitrogen and oxygen atoms in total. The number of aromatic nitrogens is 2. The maximum absolute atomic E-state index is 5.96. The van der Waals surface area contributed by atoms with Gasteiger partial charge in [-0.15, -0.1) is 0 Å². The van der Waals surface area contributed by atoms with Crippen LogP contribution in [0.5, 0.6) is 0 Å². The Kier molecular flexibility index (Phi) is 3.99. The molecule has 5 heteroatoms. The van der Waals surface area contributed by atoms with Crippen molar-refractivity contribution in [3.05, 3.63) is 47.7 Å². The number of nitrogens with zero attached hydrogens (tertiary/aromatic N) is 1. The van der Waals surface area contributed by atoms with Crippen molar-refractivity contribution in [2.24, 2.45) is 0 Å². The number of hydrogen-bond donors (Lipinski definition) is 2. The molecule has 2 aromatic rings. The summed E-state index contributed by atoms with van der Waals surface area (Å²) in [4.78, 5) is 0. The summed E-state index contributed by atoms with van der Waals surface area (Å²) in [6.45, 7) is 1.24. The summed E-state index contributed by atoms with van der Waals surface area (Å²) in [5.41, 5.74) is 7.95. The van der Waals surface area contributed by atoms with Crippen LogP contribution in [0.25, 0.3) is 0 Å². The minimum atomic E-state index is 0.0408. The average molecular weight is 273 g/mol. The number of hydrogen-bond acceptors (Lipinski definition) is 4. The van der Waals surface area contributed by atoms with Gasteiger partial charge in [0.1, 0.15) is 5.82 Å². The number of H-pyrrole nitrogens is 1. The quantitative estimate of drug-likeness (QED) is 0.877. The Bertz CT molecular complexity index is 541. The van der Waals surface area contributed by atoms with Gasteiger partial charge in [-0.1, -0.05) is 30.3 Å². The summed E-state index contributed by atoms with van der Waals surface area (Å²) in [6.07, 6.45) is 3.87. The van der Waals surface area contributed by atoms with Gasteiger partial charge in [-0.3, -0.25) is 5.10 Å². The lowest BCUT2D eigenvalue weighted by Crippen LogP contribution is -2.15. The van der Waals surface area contributed by atoms with Crippen molar-refractivity contribution in [3.63, 3.8) is 0 Å². The number of ether oxygens (including phenoxy) is 2. The molecule has 2 heterocycles. The third kappa shape index (κ3) is 3.00. The molecule has 0 aliphatic carbocycles. The highest BCUT2D eigenvalue weighted by Gasteiger charge is 2.28. The first kappa shape index (κ1) is 13.1. The second kappa shape index (κ2) is 6.07. The van der Waals surface area contributed by atoms with Gasteiger partial charge in [0, 0.05) is 5.56 Å². The summed E-state index contributed by atoms with van der Waals surface area (Å²) >= 11 is 0. The predicted octanol–water partition coefficient (Wildman–Crippen LogP) is 2.43. The maximum atomic E-state index is 5.96. The van der Waals surface area contributed by atoms with Crippen molar-refractivity contribution in [1.82, 2.24) is 10.2 Å². The van der Waals surface area contributed by atoms with Crippen molar-refractivity contribution in [2.75, 3.05) is 12.3 Å². The van der Waals surface area contributed by atoms with Gasteiger partial charge in [-0.05, 0) is 18.4 Å². The highest BCUT2D eigenvalue weighted by Crippen LogP contribution is 2.34. The van der Waals surface area contributed by atoms with E-state index in [9.17, 15) is 0 Å². The number of benzene rings is 1. The fourth-order valence-corrected chi connectivity index (χ4v) is 2.50. The van der Waals surface area contributed by atoms with E-state index in [1.54, 1.807) is 6.20 Å². The molecule has 0 radical (unpaired) electrons. The molecule has 0 spiro atoms. The Balaban J connectivity index is 1.45. The average Bonchev–Trinajstić information content (AvgIpc) is 3.09. The molecule has 3 rings (SSSR count). The Labute approximate surface area is 118 Å². The second-order valence-corrected chi connectivity index (χ2v) is 5.06. The van der Waals surface area contributed by atoms with E-state index in [-0.39, 0.29) is 12.2 Å². The molecule has 1 aromatic carbocycles. The molecule has 1 saturated heterocycles. The maximum Gasteiger partial charge on any atom is 0.124 e. The molecule has 1 aliphatic rings. The van der Waals surface area contributed by atoms with Crippen molar-refractivity contribution in [3.8, 4) is 0 Å². The normalized spacial score (nSPS) is 22.2. The molecule has 0 amide bonds. The lowest BCUT2D eigenvalue weighted by atomic mass is 10.1. The van der Waals surface area contributed by atoms with E-state index >= 15 is 0 Å². The van der Waals surface area contributed by atoms with Crippen LogP contribution < -0.4 is 5.73 Å². The minimum absolute atomic E-state index is 0.0408. The molecule has 2 atom stereocenters. The molecule has 3 N–H and O–H groups in total. The summed E-state index contributed by atoms with van der Waals surface area (Å²) in [5, 5.41) is 6.67. The van der Waals surface area contributed by atoms with E-state index in [2.05, 4.69) is 22.3 Å². The van der Waals surface area contributed by atoms with Gasteiger partial charge >= 0.3 is 0 Å². The Morgan fingerprint density at radius 1 is 1.30 bits per heavy atom. The third-order valence-corrected chi connectivity index (χ3v) is 3.57. The lowest BCUT2D eigenvalue weighted by molar-refractivity contribution is -0.0202. The molecular weight excluding hydrogens is 254 g/mol. The zero-order valence-electron chi connectivity index (χ0n) is 11.3. The summed E-state index contributed by atoms with van der Waals surface area (Å²) in [5.74, 6) is 0.598. The van der Waals surface area contributed by atoms with Crippen LogP contribution >= 0.6 is 0 Å². The number of rotatable bonds is 5. The van der Waals surface area contributed by atoms with Crippen LogP contribution in [-0.4, -0.2) is 22.9 Å². The zero-order chi connectivity index (χ0) is 13.8. The van der Waals surface area contributed by atoms with Crippen molar-refractivity contribution in [2.45, 2.75) is 31.7 Å². The largest absolute Gasteiger partial charge is 0.384 e. The van der Waals surface area contributed by atoms with Gasteiger partial charge in [0.2, 0.25) is 0 Å². The van der Waals surface area contributed by atoms with Gasteiger partial charge < -0.3 is 15.2 Å². The summed E-state index contributed by atoms with van der Waals surface area (Å²) in [6, 6.07) is 10.2. The van der Waals surface area contributed by atoms with Gasteiger partial charge in [0.05, 0.1) is 31.6 Å². The highest BCUT2D eigenvalue weighted by atomic mass is 16.5. The molecular formula is C15H19N3O2. The van der Waals surface area contributed by atoms with Crippen LogP contribution in [0.3, 0.4) is 0 Å². The highest BCUT2D eigenvalue weighted by molar-refractivity contribution is 5.38. The zero-order valence-corrected chi connectivity index (χ0v) is 11.3. The standard InChI is InChI=1S/C15H19N3O2/c16-15-13(8-17-18-15)14-7-6-12(20-14)10-19-9-11-4-2-1-3-5-11/h1-5,8,12,14H,6-7,9-10H2,(H3,16,17,18)/t12-,14+/m0/s1. The first-order valence-electron chi connectivity index (χ1n) is 6.89. The van der Waals surface area contributed by atoms with Crippen molar-refractivity contribution >= 4 is 5.82 Å². The van der Waals surface area contributed by atoms with E-state index in [4.69, 9.17) is 15.2 Å². The van der Waals surface area contributed by atoms with Crippen LogP contribution in [0, 0.1) is 0 Å². The minimum Gasteiger partial charge on any atom is -0.384 e. The molecule has 1 fully saturated rings. The molecule has 0 saturated carbocycles. The Hall–Kier alpha value is -1.85. The molecule has 0 bridgehead atoms. The molecule has 106 valence electrons. The first-order chi connectivity index (χ1) is 9.83. The van der Waals surface area contributed by atoms with Gasteiger partial charge in [0.25, 0.3) is 0 Å². The van der Waals surface area contributed by atoms with Gasteiger partial charge in [-0.25, -0.2) is 0 Å². The second-order valence-electron chi connectivity index (χ2n) is 5.06. The van der Waals surface area contributed by atoms with Gasteiger partial charge in [0.15, 0.2) is 0 Å². The number of nitrogens with one attached hydrogen (secondary N) is 1. The smallest absolute Gasteiger partial charge is 0.124 e. The molecule has 20 heavy (non-hydrogen) atoms.